The number of aryl methyl sites for hydroxylation is 1. The molecule has 0 atom stereocenters. The first-order valence-electron chi connectivity index (χ1n) is 8.04. The summed E-state index contributed by atoms with van der Waals surface area (Å²) >= 11 is 0. The lowest BCUT2D eigenvalue weighted by Crippen LogP contribution is -2.06. The van der Waals surface area contributed by atoms with Crippen molar-refractivity contribution in [3.05, 3.63) is 89.5 Å². The Balaban J connectivity index is 1.66. The fourth-order valence-electron chi connectivity index (χ4n) is 2.37. The molecule has 0 aliphatic heterocycles. The van der Waals surface area contributed by atoms with Gasteiger partial charge in [0.25, 0.3) is 0 Å². The van der Waals surface area contributed by atoms with Gasteiger partial charge in [0.1, 0.15) is 23.9 Å². The van der Waals surface area contributed by atoms with E-state index in [4.69, 9.17) is 9.47 Å². The van der Waals surface area contributed by atoms with Crippen molar-refractivity contribution in [3.63, 3.8) is 0 Å². The molecule has 0 spiro atoms. The highest BCUT2D eigenvalue weighted by atomic mass is 19.4. The molecule has 0 radical (unpaired) electrons. The van der Waals surface area contributed by atoms with E-state index in [1.807, 2.05) is 31.2 Å². The Hall–Kier alpha value is -2.95. The van der Waals surface area contributed by atoms with Gasteiger partial charge in [0.05, 0.1) is 5.56 Å². The molecule has 0 N–H and O–H groups in total. The van der Waals surface area contributed by atoms with Crippen LogP contribution in [0.25, 0.3) is 0 Å². The maximum absolute atomic E-state index is 12.8. The second-order valence-corrected chi connectivity index (χ2v) is 5.88. The van der Waals surface area contributed by atoms with E-state index in [1.165, 1.54) is 6.07 Å². The summed E-state index contributed by atoms with van der Waals surface area (Å²) in [7, 11) is 0. The van der Waals surface area contributed by atoms with Gasteiger partial charge < -0.3 is 9.47 Å². The van der Waals surface area contributed by atoms with Crippen molar-refractivity contribution in [2.24, 2.45) is 0 Å². The van der Waals surface area contributed by atoms with Crippen LogP contribution in [0, 0.1) is 6.92 Å². The largest absolute Gasteiger partial charge is 0.489 e. The number of ether oxygens (including phenoxy) is 2. The molecule has 0 bridgehead atoms. The summed E-state index contributed by atoms with van der Waals surface area (Å²) in [4.78, 5) is 0. The lowest BCUT2D eigenvalue weighted by atomic mass is 10.1. The van der Waals surface area contributed by atoms with E-state index in [0.717, 1.165) is 17.7 Å². The molecule has 3 aromatic rings. The summed E-state index contributed by atoms with van der Waals surface area (Å²) in [6, 6.07) is 19.7. The third-order valence-corrected chi connectivity index (χ3v) is 3.72. The number of rotatable bonds is 5. The van der Waals surface area contributed by atoms with Crippen LogP contribution in [0.3, 0.4) is 0 Å². The highest BCUT2D eigenvalue weighted by Gasteiger charge is 2.30. The Morgan fingerprint density at radius 2 is 1.46 bits per heavy atom. The lowest BCUT2D eigenvalue weighted by Gasteiger charge is -2.11. The van der Waals surface area contributed by atoms with Gasteiger partial charge in [0.2, 0.25) is 0 Å². The molecule has 0 aromatic heterocycles. The minimum Gasteiger partial charge on any atom is -0.489 e. The maximum Gasteiger partial charge on any atom is 0.416 e. The summed E-state index contributed by atoms with van der Waals surface area (Å²) in [5.41, 5.74) is 0.898. The average Bonchev–Trinajstić information content (AvgIpc) is 2.62. The van der Waals surface area contributed by atoms with Gasteiger partial charge in [-0.25, -0.2) is 0 Å². The topological polar surface area (TPSA) is 18.5 Å². The third kappa shape index (κ3) is 4.79. The van der Waals surface area contributed by atoms with Crippen LogP contribution < -0.4 is 9.47 Å². The number of alkyl halides is 3. The average molecular weight is 358 g/mol. The molecule has 3 aromatic carbocycles. The molecule has 0 saturated carbocycles. The van der Waals surface area contributed by atoms with Crippen molar-refractivity contribution >= 4 is 0 Å². The van der Waals surface area contributed by atoms with Gasteiger partial charge in [-0.1, -0.05) is 35.9 Å². The van der Waals surface area contributed by atoms with Crippen LogP contribution in [0.5, 0.6) is 17.2 Å². The van der Waals surface area contributed by atoms with Crippen LogP contribution >= 0.6 is 0 Å². The smallest absolute Gasteiger partial charge is 0.416 e. The van der Waals surface area contributed by atoms with Crippen LogP contribution in [-0.2, 0) is 12.8 Å². The Bertz CT molecular complexity index is 871. The molecular formula is C21H17F3O2. The van der Waals surface area contributed by atoms with Crippen LogP contribution in [0.15, 0.2) is 72.8 Å². The summed E-state index contributed by atoms with van der Waals surface area (Å²) in [6.45, 7) is 2.03. The number of hydrogen-bond donors (Lipinski definition) is 0. The summed E-state index contributed by atoms with van der Waals surface area (Å²) in [6.07, 6.45) is -4.36. The predicted molar refractivity (Wildman–Crippen MR) is 93.5 cm³/mol. The first-order chi connectivity index (χ1) is 12.4. The SMILES string of the molecule is Cc1ccc(Oc2cccc(OCc3cccc(C(F)(F)F)c3)c2)cc1. The van der Waals surface area contributed by atoms with E-state index in [-0.39, 0.29) is 6.61 Å². The Kier molecular flexibility index (Phi) is 5.16. The molecular weight excluding hydrogens is 341 g/mol. The maximum atomic E-state index is 12.8. The standard InChI is InChI=1S/C21H17F3O2/c1-15-8-10-18(11-9-15)26-20-7-3-6-19(13-20)25-14-16-4-2-5-17(12-16)21(22,23)24/h2-13H,14H2,1H3. The van der Waals surface area contributed by atoms with E-state index >= 15 is 0 Å². The second-order valence-electron chi connectivity index (χ2n) is 5.88. The zero-order valence-electron chi connectivity index (χ0n) is 14.1. The molecule has 0 amide bonds. The molecule has 0 saturated heterocycles. The quantitative estimate of drug-likeness (QED) is 0.526. The number of benzene rings is 3. The van der Waals surface area contributed by atoms with Crippen LogP contribution in [-0.4, -0.2) is 0 Å². The van der Waals surface area contributed by atoms with E-state index < -0.39 is 11.7 Å². The normalized spacial score (nSPS) is 11.2. The van der Waals surface area contributed by atoms with E-state index in [0.29, 0.717) is 22.8 Å². The third-order valence-electron chi connectivity index (χ3n) is 3.72. The van der Waals surface area contributed by atoms with Gasteiger partial charge >= 0.3 is 6.18 Å². The zero-order valence-corrected chi connectivity index (χ0v) is 14.1. The Labute approximate surface area is 149 Å². The number of halogens is 3. The van der Waals surface area contributed by atoms with Crippen molar-refractivity contribution in [2.45, 2.75) is 19.7 Å². The second kappa shape index (κ2) is 7.52. The molecule has 3 rings (SSSR count). The van der Waals surface area contributed by atoms with Crippen molar-refractivity contribution in [2.75, 3.05) is 0 Å². The van der Waals surface area contributed by atoms with E-state index in [9.17, 15) is 13.2 Å². The molecule has 0 fully saturated rings. The highest BCUT2D eigenvalue weighted by molar-refractivity contribution is 5.37. The minimum absolute atomic E-state index is 0.0396. The Morgan fingerprint density at radius 1 is 0.769 bits per heavy atom. The van der Waals surface area contributed by atoms with Crippen LogP contribution in [0.4, 0.5) is 13.2 Å². The van der Waals surface area contributed by atoms with Gasteiger partial charge in [-0.05, 0) is 48.9 Å². The van der Waals surface area contributed by atoms with Crippen molar-refractivity contribution in [1.29, 1.82) is 0 Å². The molecule has 5 heteroatoms. The monoisotopic (exact) mass is 358 g/mol. The summed E-state index contributed by atoms with van der Waals surface area (Å²) in [5.74, 6) is 1.81. The first kappa shape index (κ1) is 17.9. The fraction of sp³-hybridized carbons (Fsp3) is 0.143. The molecule has 0 heterocycles. The molecule has 0 unspecified atom stereocenters. The van der Waals surface area contributed by atoms with Crippen LogP contribution in [0.1, 0.15) is 16.7 Å². The molecule has 0 aliphatic carbocycles. The van der Waals surface area contributed by atoms with Gasteiger partial charge in [-0.2, -0.15) is 13.2 Å². The van der Waals surface area contributed by atoms with Crippen molar-refractivity contribution < 1.29 is 22.6 Å². The highest BCUT2D eigenvalue weighted by Crippen LogP contribution is 2.30. The van der Waals surface area contributed by atoms with E-state index in [1.54, 1.807) is 30.3 Å². The zero-order chi connectivity index (χ0) is 18.6. The fourth-order valence-corrected chi connectivity index (χ4v) is 2.37. The van der Waals surface area contributed by atoms with Gasteiger partial charge in [-0.15, -0.1) is 0 Å². The van der Waals surface area contributed by atoms with E-state index in [2.05, 4.69) is 0 Å². The molecule has 2 nitrogen and oxygen atoms in total. The lowest BCUT2D eigenvalue weighted by molar-refractivity contribution is -0.137. The summed E-state index contributed by atoms with van der Waals surface area (Å²) in [5, 5.41) is 0. The molecule has 0 aliphatic rings. The molecule has 134 valence electrons. The first-order valence-corrected chi connectivity index (χ1v) is 8.04. The van der Waals surface area contributed by atoms with Crippen LogP contribution in [0.2, 0.25) is 0 Å². The summed E-state index contributed by atoms with van der Waals surface area (Å²) < 4.78 is 49.6. The number of hydrogen-bond acceptors (Lipinski definition) is 2. The van der Waals surface area contributed by atoms with Crippen molar-refractivity contribution in [3.8, 4) is 17.2 Å². The van der Waals surface area contributed by atoms with Gasteiger partial charge in [-0.3, -0.25) is 0 Å². The van der Waals surface area contributed by atoms with Gasteiger partial charge in [0.15, 0.2) is 0 Å². The Morgan fingerprint density at radius 3 is 2.19 bits per heavy atom. The predicted octanol–water partition coefficient (Wildman–Crippen LogP) is 6.39. The molecule has 26 heavy (non-hydrogen) atoms. The van der Waals surface area contributed by atoms with Crippen molar-refractivity contribution in [1.82, 2.24) is 0 Å². The minimum atomic E-state index is -4.36. The van der Waals surface area contributed by atoms with Gasteiger partial charge in [0, 0.05) is 6.07 Å².